The lowest BCUT2D eigenvalue weighted by atomic mass is 9.70. The monoisotopic (exact) mass is 499 g/mol. The summed E-state index contributed by atoms with van der Waals surface area (Å²) in [5.74, 6) is -1.85. The predicted molar refractivity (Wildman–Crippen MR) is 131 cm³/mol. The van der Waals surface area contributed by atoms with Gasteiger partial charge in [-0.3, -0.25) is 14.4 Å². The molecule has 3 fully saturated rings. The van der Waals surface area contributed by atoms with Crippen LogP contribution in [-0.2, 0) is 14.4 Å². The minimum absolute atomic E-state index is 0.00816. The maximum atomic E-state index is 14.0. The van der Waals surface area contributed by atoms with Crippen molar-refractivity contribution in [3.63, 3.8) is 0 Å². The highest BCUT2D eigenvalue weighted by Gasteiger charge is 2.74. The van der Waals surface area contributed by atoms with Crippen LogP contribution in [0.1, 0.15) is 24.4 Å². The Balaban J connectivity index is 1.58. The van der Waals surface area contributed by atoms with Gasteiger partial charge in [0.25, 0.3) is 0 Å². The van der Waals surface area contributed by atoms with E-state index in [0.717, 1.165) is 12.0 Å². The van der Waals surface area contributed by atoms with Gasteiger partial charge < -0.3 is 20.6 Å². The quantitative estimate of drug-likeness (QED) is 0.567. The Bertz CT molecular complexity index is 1110. The summed E-state index contributed by atoms with van der Waals surface area (Å²) in [7, 11) is 1.58. The molecule has 0 aliphatic carbocycles. The van der Waals surface area contributed by atoms with Gasteiger partial charge in [-0.15, -0.1) is 11.8 Å². The second-order valence-electron chi connectivity index (χ2n) is 9.02. The molecule has 3 aliphatic rings. The van der Waals surface area contributed by atoms with E-state index >= 15 is 0 Å². The Morgan fingerprint density at radius 1 is 1.18 bits per heavy atom. The van der Waals surface area contributed by atoms with Crippen molar-refractivity contribution in [1.29, 1.82) is 0 Å². The first kappa shape index (κ1) is 23.2. The van der Waals surface area contributed by atoms with Crippen molar-refractivity contribution in [2.45, 2.75) is 34.9 Å². The van der Waals surface area contributed by atoms with Crippen LogP contribution in [0, 0.1) is 11.8 Å². The van der Waals surface area contributed by atoms with Crippen LogP contribution in [0.2, 0.25) is 5.02 Å². The van der Waals surface area contributed by atoms with Crippen LogP contribution < -0.4 is 10.6 Å². The lowest BCUT2D eigenvalue weighted by Gasteiger charge is -2.37. The SMILES string of the molecule is CNC(=O)[C@@H]1[C@@H]2CCC3(S2)C(C(=O)Nc2ccc(Cl)cc2)N([C@H](CO)c2ccccc2)C(=O)[C@H]13. The maximum absolute atomic E-state index is 14.0. The molecule has 0 aromatic heterocycles. The van der Waals surface area contributed by atoms with E-state index in [1.165, 1.54) is 4.90 Å². The van der Waals surface area contributed by atoms with E-state index < -0.39 is 28.7 Å². The van der Waals surface area contributed by atoms with Crippen molar-refractivity contribution in [2.75, 3.05) is 19.0 Å². The van der Waals surface area contributed by atoms with Crippen LogP contribution in [0.3, 0.4) is 0 Å². The molecule has 0 saturated carbocycles. The number of likely N-dealkylation sites (tertiary alicyclic amines) is 1. The van der Waals surface area contributed by atoms with Crippen molar-refractivity contribution in [3.05, 3.63) is 65.2 Å². The van der Waals surface area contributed by atoms with Crippen molar-refractivity contribution < 1.29 is 19.5 Å². The van der Waals surface area contributed by atoms with Crippen LogP contribution in [0.25, 0.3) is 0 Å². The van der Waals surface area contributed by atoms with Crippen molar-refractivity contribution in [2.24, 2.45) is 11.8 Å². The third kappa shape index (κ3) is 3.51. The molecule has 1 spiro atoms. The van der Waals surface area contributed by atoms with Crippen LogP contribution in [-0.4, -0.2) is 57.4 Å². The molecule has 6 atom stereocenters. The number of benzene rings is 2. The van der Waals surface area contributed by atoms with Gasteiger partial charge >= 0.3 is 0 Å². The fourth-order valence-corrected chi connectivity index (χ4v) is 8.30. The molecule has 2 aromatic rings. The number of anilines is 1. The highest BCUT2D eigenvalue weighted by atomic mass is 35.5. The number of aliphatic hydroxyl groups is 1. The third-order valence-electron chi connectivity index (χ3n) is 7.34. The van der Waals surface area contributed by atoms with Crippen molar-refractivity contribution in [3.8, 4) is 0 Å². The van der Waals surface area contributed by atoms with E-state index in [0.29, 0.717) is 17.1 Å². The number of carbonyl (C=O) groups is 3. The maximum Gasteiger partial charge on any atom is 0.248 e. The first-order chi connectivity index (χ1) is 16.4. The molecule has 2 aromatic carbocycles. The summed E-state index contributed by atoms with van der Waals surface area (Å²) in [6.45, 7) is -0.331. The van der Waals surface area contributed by atoms with E-state index in [9.17, 15) is 19.5 Å². The average molecular weight is 500 g/mol. The fraction of sp³-hybridized carbons (Fsp3) is 0.400. The number of fused-ring (bicyclic) bond motifs is 1. The molecule has 3 saturated heterocycles. The zero-order valence-corrected chi connectivity index (χ0v) is 20.2. The number of nitrogens with one attached hydrogen (secondary N) is 2. The summed E-state index contributed by atoms with van der Waals surface area (Å²) in [6, 6.07) is 14.5. The van der Waals surface area contributed by atoms with Gasteiger partial charge in [0.1, 0.15) is 6.04 Å². The number of thioether (sulfide) groups is 1. The normalized spacial score (nSPS) is 30.2. The second-order valence-corrected chi connectivity index (χ2v) is 11.1. The number of nitrogens with zero attached hydrogens (tertiary/aromatic N) is 1. The zero-order chi connectivity index (χ0) is 24.0. The number of hydrogen-bond donors (Lipinski definition) is 3. The molecule has 5 rings (SSSR count). The topological polar surface area (TPSA) is 98.7 Å². The van der Waals surface area contributed by atoms with Gasteiger partial charge in [-0.2, -0.15) is 0 Å². The van der Waals surface area contributed by atoms with E-state index in [4.69, 9.17) is 11.6 Å². The molecule has 0 radical (unpaired) electrons. The number of aliphatic hydroxyl groups excluding tert-OH is 1. The Hall–Kier alpha value is -2.55. The summed E-state index contributed by atoms with van der Waals surface area (Å²) >= 11 is 7.59. The fourth-order valence-electron chi connectivity index (χ4n) is 5.97. The molecule has 3 aliphatic heterocycles. The predicted octanol–water partition coefficient (Wildman–Crippen LogP) is 2.85. The molecule has 178 valence electrons. The van der Waals surface area contributed by atoms with Gasteiger partial charge in [-0.25, -0.2) is 0 Å². The number of rotatable bonds is 6. The van der Waals surface area contributed by atoms with Crippen LogP contribution in [0.5, 0.6) is 0 Å². The molecule has 34 heavy (non-hydrogen) atoms. The van der Waals surface area contributed by atoms with Crippen LogP contribution in [0.15, 0.2) is 54.6 Å². The van der Waals surface area contributed by atoms with E-state index in [1.807, 2.05) is 30.3 Å². The summed E-state index contributed by atoms with van der Waals surface area (Å²) in [4.78, 5) is 42.2. The van der Waals surface area contributed by atoms with Crippen molar-refractivity contribution in [1.82, 2.24) is 10.2 Å². The Kier molecular flexibility index (Phi) is 6.08. The Morgan fingerprint density at radius 3 is 2.53 bits per heavy atom. The van der Waals surface area contributed by atoms with Gasteiger partial charge in [-0.1, -0.05) is 41.9 Å². The van der Waals surface area contributed by atoms with Gasteiger partial charge in [0, 0.05) is 23.0 Å². The Labute approximate surface area is 207 Å². The molecule has 3 N–H and O–H groups in total. The van der Waals surface area contributed by atoms with E-state index in [-0.39, 0.29) is 29.6 Å². The molecule has 7 nitrogen and oxygen atoms in total. The zero-order valence-electron chi connectivity index (χ0n) is 18.6. The highest BCUT2D eigenvalue weighted by molar-refractivity contribution is 8.02. The highest BCUT2D eigenvalue weighted by Crippen LogP contribution is 2.67. The van der Waals surface area contributed by atoms with Gasteiger partial charge in [-0.05, 0) is 42.7 Å². The Morgan fingerprint density at radius 2 is 1.88 bits per heavy atom. The largest absolute Gasteiger partial charge is 0.394 e. The summed E-state index contributed by atoms with van der Waals surface area (Å²) in [6.07, 6.45) is 1.43. The first-order valence-corrected chi connectivity index (χ1v) is 12.6. The van der Waals surface area contributed by atoms with E-state index in [2.05, 4.69) is 10.6 Å². The molecule has 9 heteroatoms. The molecule has 2 bridgehead atoms. The summed E-state index contributed by atoms with van der Waals surface area (Å²) < 4.78 is -0.725. The average Bonchev–Trinajstić information content (AvgIpc) is 3.49. The number of carbonyl (C=O) groups excluding carboxylic acids is 3. The van der Waals surface area contributed by atoms with Crippen LogP contribution >= 0.6 is 23.4 Å². The summed E-state index contributed by atoms with van der Waals surface area (Å²) in [5, 5.41) is 16.6. The minimum atomic E-state index is -0.831. The molecular formula is C25H26ClN3O4S. The van der Waals surface area contributed by atoms with Gasteiger partial charge in [0.2, 0.25) is 17.7 Å². The third-order valence-corrected chi connectivity index (χ3v) is 9.54. The number of amides is 3. The number of halogens is 1. The number of hydrogen-bond acceptors (Lipinski definition) is 5. The molecular weight excluding hydrogens is 474 g/mol. The lowest BCUT2D eigenvalue weighted by Crippen LogP contribution is -2.52. The van der Waals surface area contributed by atoms with Gasteiger partial charge in [0.05, 0.1) is 29.2 Å². The minimum Gasteiger partial charge on any atom is -0.394 e. The second kappa shape index (κ2) is 8.91. The van der Waals surface area contributed by atoms with Gasteiger partial charge in [0.15, 0.2) is 0 Å². The first-order valence-electron chi connectivity index (χ1n) is 11.3. The molecule has 3 amide bonds. The van der Waals surface area contributed by atoms with Crippen molar-refractivity contribution >= 4 is 46.8 Å². The molecule has 3 heterocycles. The van der Waals surface area contributed by atoms with Crippen LogP contribution in [0.4, 0.5) is 5.69 Å². The smallest absolute Gasteiger partial charge is 0.248 e. The standard InChI is InChI=1S/C25H26ClN3O4S/c1-27-22(31)19-18-11-12-25(34-18)20(19)24(33)29(17(13-30)14-5-3-2-4-6-14)21(25)23(32)28-16-9-7-15(26)8-10-16/h2-10,17-21,30H,11-13H2,1H3,(H,27,31)(H,28,32)/t17-,18+,19-,20+,21?,25?/m1/s1. The lowest BCUT2D eigenvalue weighted by molar-refractivity contribution is -0.142. The molecule has 2 unspecified atom stereocenters. The van der Waals surface area contributed by atoms with E-state index in [1.54, 1.807) is 43.1 Å². The summed E-state index contributed by atoms with van der Waals surface area (Å²) in [5.41, 5.74) is 1.32.